The summed E-state index contributed by atoms with van der Waals surface area (Å²) in [4.78, 5) is 14.1. The highest BCUT2D eigenvalue weighted by Crippen LogP contribution is 2.55. The number of aliphatic hydroxyl groups excluding tert-OH is 1. The maximum Gasteiger partial charge on any atom is 0.410 e. The first-order chi connectivity index (χ1) is 9.02. The molecule has 3 atom stereocenters. The van der Waals surface area contributed by atoms with Crippen molar-refractivity contribution in [3.8, 4) is 12.3 Å². The number of hydrogen-bond acceptors (Lipinski definition) is 3. The third-order valence-electron chi connectivity index (χ3n) is 4.55. The molecule has 2 unspecified atom stereocenters. The van der Waals surface area contributed by atoms with E-state index in [0.717, 1.165) is 6.42 Å². The molecule has 1 aliphatic heterocycles. The lowest BCUT2D eigenvalue weighted by Crippen LogP contribution is -2.43. The van der Waals surface area contributed by atoms with Crippen LogP contribution in [-0.4, -0.2) is 39.9 Å². The second-order valence-corrected chi connectivity index (χ2v) is 7.68. The van der Waals surface area contributed by atoms with Gasteiger partial charge in [0.25, 0.3) is 0 Å². The van der Waals surface area contributed by atoms with Crippen LogP contribution in [0.4, 0.5) is 4.79 Å². The molecule has 4 heteroatoms. The van der Waals surface area contributed by atoms with Gasteiger partial charge >= 0.3 is 6.09 Å². The minimum absolute atomic E-state index is 0.192. The van der Waals surface area contributed by atoms with Crippen molar-refractivity contribution in [2.45, 2.75) is 64.7 Å². The zero-order valence-electron chi connectivity index (χ0n) is 13.1. The highest BCUT2D eigenvalue weighted by molar-refractivity contribution is 5.71. The molecular formula is C16H25NO3. The summed E-state index contributed by atoms with van der Waals surface area (Å²) in [6.45, 7) is 10.1. The van der Waals surface area contributed by atoms with E-state index >= 15 is 0 Å². The summed E-state index contributed by atoms with van der Waals surface area (Å²) in [5, 5.41) is 9.99. The molecule has 1 aliphatic carbocycles. The van der Waals surface area contributed by atoms with Crippen molar-refractivity contribution in [3.63, 3.8) is 0 Å². The minimum atomic E-state index is -0.530. The molecule has 0 radical (unpaired) electrons. The Hall–Kier alpha value is -1.21. The van der Waals surface area contributed by atoms with Crippen LogP contribution in [0, 0.1) is 23.7 Å². The van der Waals surface area contributed by atoms with Gasteiger partial charge in [-0.1, -0.05) is 0 Å². The first-order valence-corrected chi connectivity index (χ1v) is 7.18. The highest BCUT2D eigenvalue weighted by atomic mass is 16.6. The zero-order chi connectivity index (χ0) is 15.3. The van der Waals surface area contributed by atoms with Gasteiger partial charge in [-0.15, -0.1) is 12.3 Å². The molecule has 1 heterocycles. The van der Waals surface area contributed by atoms with Gasteiger partial charge in [-0.2, -0.15) is 0 Å². The van der Waals surface area contributed by atoms with Crippen molar-refractivity contribution < 1.29 is 14.6 Å². The summed E-state index contributed by atoms with van der Waals surface area (Å²) in [6.07, 6.45) is 6.20. The second-order valence-electron chi connectivity index (χ2n) is 7.68. The van der Waals surface area contributed by atoms with Gasteiger partial charge in [-0.3, -0.25) is 4.90 Å². The van der Waals surface area contributed by atoms with Crippen LogP contribution in [0.1, 0.15) is 47.5 Å². The van der Waals surface area contributed by atoms with E-state index in [1.165, 1.54) is 0 Å². The lowest BCUT2D eigenvalue weighted by atomic mass is 9.78. The van der Waals surface area contributed by atoms with Crippen molar-refractivity contribution in [2.24, 2.45) is 11.3 Å². The van der Waals surface area contributed by atoms with Crippen LogP contribution in [0.3, 0.4) is 0 Å². The molecule has 20 heavy (non-hydrogen) atoms. The second kappa shape index (κ2) is 4.39. The number of ether oxygens (including phenoxy) is 1. The summed E-state index contributed by atoms with van der Waals surface area (Å²) >= 11 is 0. The lowest BCUT2D eigenvalue weighted by Gasteiger charge is -2.29. The first kappa shape index (κ1) is 15.2. The van der Waals surface area contributed by atoms with Gasteiger partial charge in [0, 0.05) is 18.4 Å². The molecule has 2 aliphatic rings. The van der Waals surface area contributed by atoms with Crippen LogP contribution in [0.2, 0.25) is 0 Å². The van der Waals surface area contributed by atoms with E-state index in [9.17, 15) is 9.90 Å². The van der Waals surface area contributed by atoms with Crippen LogP contribution in [-0.2, 0) is 4.74 Å². The molecule has 1 amide bonds. The number of likely N-dealkylation sites (tertiary alicyclic amines) is 1. The zero-order valence-corrected chi connectivity index (χ0v) is 13.1. The molecule has 1 saturated carbocycles. The molecule has 2 rings (SSSR count). The molecule has 0 aromatic heterocycles. The Morgan fingerprint density at radius 1 is 1.35 bits per heavy atom. The van der Waals surface area contributed by atoms with Crippen molar-refractivity contribution >= 4 is 6.09 Å². The predicted molar refractivity (Wildman–Crippen MR) is 77.0 cm³/mol. The van der Waals surface area contributed by atoms with Crippen molar-refractivity contribution in [2.75, 3.05) is 6.54 Å². The Morgan fingerprint density at radius 3 is 2.30 bits per heavy atom. The maximum absolute atomic E-state index is 12.4. The molecule has 1 saturated heterocycles. The summed E-state index contributed by atoms with van der Waals surface area (Å²) in [6, 6.07) is 0. The molecule has 112 valence electrons. The Labute approximate surface area is 121 Å². The van der Waals surface area contributed by atoms with Crippen LogP contribution >= 0.6 is 0 Å². The summed E-state index contributed by atoms with van der Waals surface area (Å²) in [5.74, 6) is 3.00. The Kier molecular flexibility index (Phi) is 3.33. The van der Waals surface area contributed by atoms with Crippen molar-refractivity contribution in [3.05, 3.63) is 0 Å². The number of rotatable bonds is 1. The van der Waals surface area contributed by atoms with E-state index in [-0.39, 0.29) is 17.4 Å². The largest absolute Gasteiger partial charge is 0.444 e. The molecule has 2 fully saturated rings. The van der Waals surface area contributed by atoms with Gasteiger partial charge in [0.05, 0.1) is 11.6 Å². The number of aliphatic hydroxyl groups is 1. The monoisotopic (exact) mass is 279 g/mol. The van der Waals surface area contributed by atoms with Crippen LogP contribution in [0.15, 0.2) is 0 Å². The molecular weight excluding hydrogens is 254 g/mol. The lowest BCUT2D eigenvalue weighted by molar-refractivity contribution is 0.0149. The highest BCUT2D eigenvalue weighted by Gasteiger charge is 2.65. The van der Waals surface area contributed by atoms with Crippen molar-refractivity contribution in [1.29, 1.82) is 0 Å². The van der Waals surface area contributed by atoms with Crippen LogP contribution in [0.5, 0.6) is 0 Å². The van der Waals surface area contributed by atoms with E-state index < -0.39 is 17.2 Å². The van der Waals surface area contributed by atoms with Crippen LogP contribution in [0.25, 0.3) is 0 Å². The fourth-order valence-electron chi connectivity index (χ4n) is 2.96. The summed E-state index contributed by atoms with van der Waals surface area (Å²) < 4.78 is 5.46. The number of carbonyl (C=O) groups is 1. The van der Waals surface area contributed by atoms with Gasteiger partial charge in [0.1, 0.15) is 5.60 Å². The first-order valence-electron chi connectivity index (χ1n) is 7.18. The van der Waals surface area contributed by atoms with Gasteiger partial charge in [-0.05, 0) is 47.0 Å². The average molecular weight is 279 g/mol. The normalized spacial score (nSPS) is 33.1. The Balaban J connectivity index is 2.17. The molecule has 0 aromatic rings. The van der Waals surface area contributed by atoms with Crippen molar-refractivity contribution in [1.82, 2.24) is 4.90 Å². The topological polar surface area (TPSA) is 49.8 Å². The summed E-state index contributed by atoms with van der Waals surface area (Å²) in [7, 11) is 0. The van der Waals surface area contributed by atoms with E-state index in [1.54, 1.807) is 4.90 Å². The standard InChI is InChI=1S/C16H25NO3/c1-7-15(5,6)11-8-16(9-12(16)18)17(10-11)13(19)20-14(2,3)4/h1,11-12,18H,8-10H2,2-6H3/t11?,12-,16?/m0/s1. The third kappa shape index (κ3) is 2.52. The molecule has 1 spiro atoms. The molecule has 4 nitrogen and oxygen atoms in total. The Bertz CT molecular complexity index is 457. The van der Waals surface area contributed by atoms with Gasteiger partial charge in [-0.25, -0.2) is 4.79 Å². The van der Waals surface area contributed by atoms with E-state index in [0.29, 0.717) is 13.0 Å². The van der Waals surface area contributed by atoms with Crippen LogP contribution < -0.4 is 0 Å². The average Bonchev–Trinajstić information content (AvgIpc) is 2.75. The molecule has 1 N–H and O–H groups in total. The number of amides is 1. The van der Waals surface area contributed by atoms with E-state index in [1.807, 2.05) is 34.6 Å². The minimum Gasteiger partial charge on any atom is -0.444 e. The number of hydrogen-bond donors (Lipinski definition) is 1. The molecule has 0 bridgehead atoms. The van der Waals surface area contributed by atoms with Gasteiger partial charge in [0.2, 0.25) is 0 Å². The third-order valence-corrected chi connectivity index (χ3v) is 4.55. The number of nitrogens with zero attached hydrogens (tertiary/aromatic N) is 1. The quantitative estimate of drug-likeness (QED) is 0.750. The van der Waals surface area contributed by atoms with E-state index in [4.69, 9.17) is 11.2 Å². The van der Waals surface area contributed by atoms with Gasteiger partial charge < -0.3 is 9.84 Å². The van der Waals surface area contributed by atoms with Gasteiger partial charge in [0.15, 0.2) is 0 Å². The molecule has 0 aromatic carbocycles. The SMILES string of the molecule is C#CC(C)(C)C1CN(C(=O)OC(C)(C)C)C2(C1)C[C@@H]2O. The number of carbonyl (C=O) groups excluding carboxylic acids is 1. The van der Waals surface area contributed by atoms with E-state index in [2.05, 4.69) is 5.92 Å². The summed E-state index contributed by atoms with van der Waals surface area (Å²) in [5.41, 5.74) is -1.26. The fraction of sp³-hybridized carbons (Fsp3) is 0.812. The number of terminal acetylenes is 1. The maximum atomic E-state index is 12.4. The smallest absolute Gasteiger partial charge is 0.410 e. The Morgan fingerprint density at radius 2 is 1.90 bits per heavy atom. The fourth-order valence-corrected chi connectivity index (χ4v) is 2.96. The predicted octanol–water partition coefficient (Wildman–Crippen LogP) is 2.41.